The molecule has 170 valence electrons. The molecule has 0 radical (unpaired) electrons. The zero-order chi connectivity index (χ0) is 22.0. The van der Waals surface area contributed by atoms with Crippen LogP contribution in [0.4, 0.5) is 0 Å². The number of morpholine rings is 1. The predicted octanol–water partition coefficient (Wildman–Crippen LogP) is 2.41. The first-order chi connectivity index (χ1) is 14.9. The normalized spacial score (nSPS) is 22.9. The molecule has 1 atom stereocenters. The summed E-state index contributed by atoms with van der Waals surface area (Å²) in [5.41, 5.74) is 2.61. The molecular weight excluding hydrogens is 402 g/mol. The van der Waals surface area contributed by atoms with Gasteiger partial charge in [-0.1, -0.05) is 0 Å². The van der Waals surface area contributed by atoms with Crippen molar-refractivity contribution >= 4 is 11.9 Å². The lowest BCUT2D eigenvalue weighted by Gasteiger charge is -2.37. The number of methoxy groups -OCH3 is 1. The lowest BCUT2D eigenvalue weighted by molar-refractivity contribution is -0.145. The highest BCUT2D eigenvalue weighted by Gasteiger charge is 2.40. The van der Waals surface area contributed by atoms with E-state index < -0.39 is 5.60 Å². The number of hydrogen-bond acceptors (Lipinski definition) is 8. The van der Waals surface area contributed by atoms with Crippen molar-refractivity contribution in [2.24, 2.45) is 0 Å². The largest absolute Gasteiger partial charge is 0.496 e. The van der Waals surface area contributed by atoms with E-state index in [-0.39, 0.29) is 25.0 Å². The van der Waals surface area contributed by atoms with Crippen LogP contribution in [0.25, 0.3) is 0 Å². The van der Waals surface area contributed by atoms with Gasteiger partial charge in [-0.2, -0.15) is 0 Å². The second-order valence-electron chi connectivity index (χ2n) is 8.62. The minimum atomic E-state index is -0.562. The standard InChI is InChI=1S/C23H31NO7/c1-15-17-14-30-22(26)19(17)21-16(20(15)27-3)4-6-23(2,31-21)7-5-18(25)29-13-10-24-8-11-28-12-9-24/h4-14H2,1-3H3/t23-/m0/s1. The fourth-order valence-electron chi connectivity index (χ4n) is 4.58. The zero-order valence-corrected chi connectivity index (χ0v) is 18.6. The van der Waals surface area contributed by atoms with Crippen LogP contribution in [0.15, 0.2) is 0 Å². The van der Waals surface area contributed by atoms with Crippen LogP contribution < -0.4 is 9.47 Å². The Bertz CT molecular complexity index is 862. The summed E-state index contributed by atoms with van der Waals surface area (Å²) in [4.78, 5) is 26.9. The third-order valence-corrected chi connectivity index (χ3v) is 6.51. The van der Waals surface area contributed by atoms with Gasteiger partial charge in [0.05, 0.1) is 20.3 Å². The highest BCUT2D eigenvalue weighted by Crippen LogP contribution is 2.48. The van der Waals surface area contributed by atoms with Crippen molar-refractivity contribution in [2.45, 2.75) is 51.7 Å². The zero-order valence-electron chi connectivity index (χ0n) is 18.6. The molecule has 8 heteroatoms. The molecule has 8 nitrogen and oxygen atoms in total. The number of nitrogens with zero attached hydrogens (tertiary/aromatic N) is 1. The van der Waals surface area contributed by atoms with Crippen LogP contribution in [0.2, 0.25) is 0 Å². The summed E-state index contributed by atoms with van der Waals surface area (Å²) in [7, 11) is 1.63. The van der Waals surface area contributed by atoms with Gasteiger partial charge in [0.15, 0.2) is 0 Å². The molecule has 0 amide bonds. The molecule has 31 heavy (non-hydrogen) atoms. The van der Waals surface area contributed by atoms with Crippen molar-refractivity contribution in [1.82, 2.24) is 4.90 Å². The Balaban J connectivity index is 1.38. The number of rotatable bonds is 7. The van der Waals surface area contributed by atoms with Crippen molar-refractivity contribution in [3.63, 3.8) is 0 Å². The molecule has 3 aliphatic heterocycles. The van der Waals surface area contributed by atoms with Crippen LogP contribution in [0.1, 0.15) is 53.2 Å². The molecule has 1 aromatic rings. The predicted molar refractivity (Wildman–Crippen MR) is 112 cm³/mol. The number of fused-ring (bicyclic) bond motifs is 3. The average Bonchev–Trinajstić information content (AvgIpc) is 3.16. The monoisotopic (exact) mass is 433 g/mol. The molecule has 0 aliphatic carbocycles. The van der Waals surface area contributed by atoms with Crippen molar-refractivity contribution in [3.05, 3.63) is 22.3 Å². The first-order valence-electron chi connectivity index (χ1n) is 11.0. The Morgan fingerprint density at radius 3 is 2.74 bits per heavy atom. The van der Waals surface area contributed by atoms with Gasteiger partial charge in [-0.3, -0.25) is 9.69 Å². The van der Waals surface area contributed by atoms with E-state index in [9.17, 15) is 9.59 Å². The van der Waals surface area contributed by atoms with Crippen molar-refractivity contribution in [2.75, 3.05) is 46.6 Å². The number of ether oxygens (including phenoxy) is 5. The van der Waals surface area contributed by atoms with Gasteiger partial charge in [-0.05, 0) is 38.7 Å². The lowest BCUT2D eigenvalue weighted by Crippen LogP contribution is -2.39. The maximum Gasteiger partial charge on any atom is 0.342 e. The van der Waals surface area contributed by atoms with E-state index in [1.807, 2.05) is 13.8 Å². The highest BCUT2D eigenvalue weighted by atomic mass is 16.5. The Morgan fingerprint density at radius 1 is 1.23 bits per heavy atom. The Hall–Kier alpha value is -2.32. The molecule has 1 fully saturated rings. The molecule has 0 aromatic heterocycles. The van der Waals surface area contributed by atoms with Gasteiger partial charge in [0.2, 0.25) is 0 Å². The van der Waals surface area contributed by atoms with E-state index in [1.54, 1.807) is 7.11 Å². The van der Waals surface area contributed by atoms with E-state index >= 15 is 0 Å². The summed E-state index contributed by atoms with van der Waals surface area (Å²) in [5, 5.41) is 0. The fraction of sp³-hybridized carbons (Fsp3) is 0.652. The van der Waals surface area contributed by atoms with Gasteiger partial charge in [0.1, 0.15) is 35.9 Å². The van der Waals surface area contributed by atoms with Gasteiger partial charge < -0.3 is 23.7 Å². The van der Waals surface area contributed by atoms with Crippen LogP contribution in [-0.4, -0.2) is 69.0 Å². The summed E-state index contributed by atoms with van der Waals surface area (Å²) in [5.74, 6) is 0.727. The quantitative estimate of drug-likeness (QED) is 0.607. The molecule has 1 saturated heterocycles. The summed E-state index contributed by atoms with van der Waals surface area (Å²) in [6.07, 6.45) is 2.22. The Labute approximate surface area is 182 Å². The summed E-state index contributed by atoms with van der Waals surface area (Å²) in [6.45, 7) is 8.48. The van der Waals surface area contributed by atoms with Crippen LogP contribution in [-0.2, 0) is 32.0 Å². The molecule has 1 aromatic carbocycles. The van der Waals surface area contributed by atoms with Gasteiger partial charge in [0, 0.05) is 37.2 Å². The van der Waals surface area contributed by atoms with Gasteiger partial charge >= 0.3 is 11.9 Å². The number of benzene rings is 1. The maximum absolute atomic E-state index is 12.4. The third kappa shape index (κ3) is 4.50. The molecule has 0 N–H and O–H groups in total. The number of esters is 2. The average molecular weight is 434 g/mol. The van der Waals surface area contributed by atoms with E-state index in [2.05, 4.69) is 4.90 Å². The minimum absolute atomic E-state index is 0.227. The topological polar surface area (TPSA) is 83.5 Å². The molecule has 0 bridgehead atoms. The van der Waals surface area contributed by atoms with Gasteiger partial charge in [0.25, 0.3) is 0 Å². The number of cyclic esters (lactones) is 1. The van der Waals surface area contributed by atoms with Crippen LogP contribution in [0.5, 0.6) is 11.5 Å². The summed E-state index contributed by atoms with van der Waals surface area (Å²) in [6, 6.07) is 0. The van der Waals surface area contributed by atoms with Crippen molar-refractivity contribution in [1.29, 1.82) is 0 Å². The first kappa shape index (κ1) is 21.9. The van der Waals surface area contributed by atoms with Gasteiger partial charge in [-0.15, -0.1) is 0 Å². The van der Waals surface area contributed by atoms with E-state index in [0.29, 0.717) is 30.8 Å². The first-order valence-corrected chi connectivity index (χ1v) is 11.0. The lowest BCUT2D eigenvalue weighted by atomic mass is 9.85. The number of carbonyl (C=O) groups is 2. The summed E-state index contributed by atoms with van der Waals surface area (Å²) < 4.78 is 28.0. The second-order valence-corrected chi connectivity index (χ2v) is 8.62. The fourth-order valence-corrected chi connectivity index (χ4v) is 4.58. The van der Waals surface area contributed by atoms with Crippen molar-refractivity contribution < 1.29 is 33.3 Å². The Kier molecular flexibility index (Phi) is 6.39. The Morgan fingerprint density at radius 2 is 2.00 bits per heavy atom. The number of hydrogen-bond donors (Lipinski definition) is 0. The molecule has 0 saturated carbocycles. The minimum Gasteiger partial charge on any atom is -0.496 e. The van der Waals surface area contributed by atoms with Crippen LogP contribution >= 0.6 is 0 Å². The van der Waals surface area contributed by atoms with E-state index in [4.69, 9.17) is 23.7 Å². The molecule has 0 spiro atoms. The molecule has 3 aliphatic rings. The van der Waals surface area contributed by atoms with Crippen LogP contribution in [0, 0.1) is 6.92 Å². The SMILES string of the molecule is COc1c(C)c2c(c3c1CC[C@@](C)(CCC(=O)OCCN1CCOCC1)O3)C(=O)OC2. The molecular formula is C23H31NO7. The van der Waals surface area contributed by atoms with Gasteiger partial charge in [-0.25, -0.2) is 4.79 Å². The van der Waals surface area contributed by atoms with Crippen molar-refractivity contribution in [3.8, 4) is 11.5 Å². The maximum atomic E-state index is 12.4. The molecule has 3 heterocycles. The van der Waals surface area contributed by atoms with Crippen LogP contribution in [0.3, 0.4) is 0 Å². The summed E-state index contributed by atoms with van der Waals surface area (Å²) >= 11 is 0. The third-order valence-electron chi connectivity index (χ3n) is 6.51. The number of carbonyl (C=O) groups excluding carboxylic acids is 2. The second kappa shape index (κ2) is 9.04. The molecule has 0 unspecified atom stereocenters. The van der Waals surface area contributed by atoms with E-state index in [1.165, 1.54) is 0 Å². The van der Waals surface area contributed by atoms with E-state index in [0.717, 1.165) is 61.7 Å². The highest BCUT2D eigenvalue weighted by molar-refractivity contribution is 5.98. The smallest absolute Gasteiger partial charge is 0.342 e. The molecule has 4 rings (SSSR count).